The zero-order valence-electron chi connectivity index (χ0n) is 13.1. The molecule has 0 radical (unpaired) electrons. The number of carbonyl (C=O) groups excluding carboxylic acids is 1. The van der Waals surface area contributed by atoms with Gasteiger partial charge in [0.2, 0.25) is 5.91 Å². The summed E-state index contributed by atoms with van der Waals surface area (Å²) in [5.41, 5.74) is 0.215. The highest BCUT2D eigenvalue weighted by atomic mass is 16.4. The molecular weight excluding hydrogens is 254 g/mol. The average Bonchev–Trinajstić information content (AvgIpc) is 2.67. The van der Waals surface area contributed by atoms with Crippen molar-refractivity contribution in [2.75, 3.05) is 6.54 Å². The first kappa shape index (κ1) is 15.3. The Morgan fingerprint density at radius 3 is 2.35 bits per heavy atom. The molecule has 20 heavy (non-hydrogen) atoms. The molecule has 4 atom stereocenters. The third kappa shape index (κ3) is 2.99. The Balaban J connectivity index is 2.06. The van der Waals surface area contributed by atoms with Crippen molar-refractivity contribution >= 4 is 11.9 Å². The van der Waals surface area contributed by atoms with Crippen LogP contribution in [0, 0.1) is 23.2 Å². The molecule has 2 fully saturated rings. The maximum absolute atomic E-state index is 12.7. The van der Waals surface area contributed by atoms with Gasteiger partial charge in [0, 0.05) is 18.5 Å². The number of hydrogen-bond donors (Lipinski definition) is 1. The van der Waals surface area contributed by atoms with E-state index in [-0.39, 0.29) is 23.3 Å². The van der Waals surface area contributed by atoms with Crippen LogP contribution in [-0.4, -0.2) is 34.5 Å². The molecular formula is C16H27NO3. The average molecular weight is 281 g/mol. The molecule has 0 spiro atoms. The van der Waals surface area contributed by atoms with Crippen molar-refractivity contribution in [1.29, 1.82) is 0 Å². The summed E-state index contributed by atoms with van der Waals surface area (Å²) in [6, 6.07) is -0.166. The smallest absolute Gasteiger partial charge is 0.308 e. The van der Waals surface area contributed by atoms with Gasteiger partial charge in [-0.15, -0.1) is 0 Å². The molecule has 1 heterocycles. The fourth-order valence-electron chi connectivity index (χ4n) is 4.35. The normalized spacial score (nSPS) is 36.9. The predicted molar refractivity (Wildman–Crippen MR) is 77.2 cm³/mol. The Labute approximate surface area is 121 Å². The maximum atomic E-state index is 12.7. The van der Waals surface area contributed by atoms with E-state index in [0.29, 0.717) is 18.9 Å². The minimum Gasteiger partial charge on any atom is -0.481 e. The van der Waals surface area contributed by atoms with Crippen LogP contribution in [0.3, 0.4) is 0 Å². The van der Waals surface area contributed by atoms with Gasteiger partial charge >= 0.3 is 5.97 Å². The molecule has 0 aromatic heterocycles. The Bertz CT molecular complexity index is 405. The van der Waals surface area contributed by atoms with Crippen molar-refractivity contribution in [1.82, 2.24) is 4.90 Å². The topological polar surface area (TPSA) is 57.6 Å². The Hall–Kier alpha value is -1.06. The number of hydrogen-bond acceptors (Lipinski definition) is 2. The predicted octanol–water partition coefficient (Wildman–Crippen LogP) is 2.77. The van der Waals surface area contributed by atoms with E-state index in [4.69, 9.17) is 0 Å². The molecule has 2 aliphatic rings. The van der Waals surface area contributed by atoms with Gasteiger partial charge in [-0.2, -0.15) is 0 Å². The first-order chi connectivity index (χ1) is 9.21. The summed E-state index contributed by atoms with van der Waals surface area (Å²) in [6.45, 7) is 9.16. The minimum atomic E-state index is -0.773. The summed E-state index contributed by atoms with van der Waals surface area (Å²) in [4.78, 5) is 25.7. The standard InChI is InChI=1S/C16H27NO3/c1-10-7-12(9-16(3,4)8-10)14(18)17-6-5-13(11(17)2)15(19)20/h10-13H,5-9H2,1-4H3,(H,19,20). The second-order valence-corrected chi connectivity index (χ2v) is 7.62. The molecule has 114 valence electrons. The van der Waals surface area contributed by atoms with Gasteiger partial charge in [0.1, 0.15) is 0 Å². The number of carbonyl (C=O) groups is 2. The summed E-state index contributed by atoms with van der Waals surface area (Å²) in [5, 5.41) is 9.18. The largest absolute Gasteiger partial charge is 0.481 e. The number of amides is 1. The van der Waals surface area contributed by atoms with Crippen LogP contribution in [0.4, 0.5) is 0 Å². The van der Waals surface area contributed by atoms with Crippen molar-refractivity contribution in [2.24, 2.45) is 23.2 Å². The second kappa shape index (κ2) is 5.38. The van der Waals surface area contributed by atoms with Crippen LogP contribution in [0.15, 0.2) is 0 Å². The first-order valence-electron chi connectivity index (χ1n) is 7.74. The summed E-state index contributed by atoms with van der Waals surface area (Å²) < 4.78 is 0. The first-order valence-corrected chi connectivity index (χ1v) is 7.74. The van der Waals surface area contributed by atoms with E-state index in [1.165, 1.54) is 6.42 Å². The lowest BCUT2D eigenvalue weighted by Gasteiger charge is -2.40. The van der Waals surface area contributed by atoms with Crippen LogP contribution in [0.5, 0.6) is 0 Å². The molecule has 1 amide bonds. The van der Waals surface area contributed by atoms with Crippen molar-refractivity contribution in [3.05, 3.63) is 0 Å². The molecule has 0 bridgehead atoms. The number of rotatable bonds is 2. The van der Waals surface area contributed by atoms with Crippen molar-refractivity contribution in [3.8, 4) is 0 Å². The highest BCUT2D eigenvalue weighted by molar-refractivity contribution is 5.81. The molecule has 4 unspecified atom stereocenters. The fourth-order valence-corrected chi connectivity index (χ4v) is 4.35. The quantitative estimate of drug-likeness (QED) is 0.846. The molecule has 1 aliphatic carbocycles. The van der Waals surface area contributed by atoms with Gasteiger partial charge in [0.05, 0.1) is 5.92 Å². The van der Waals surface area contributed by atoms with E-state index < -0.39 is 11.9 Å². The van der Waals surface area contributed by atoms with Gasteiger partial charge in [-0.25, -0.2) is 0 Å². The van der Waals surface area contributed by atoms with E-state index in [1.54, 1.807) is 0 Å². The van der Waals surface area contributed by atoms with E-state index in [0.717, 1.165) is 12.8 Å². The van der Waals surface area contributed by atoms with Crippen LogP contribution in [-0.2, 0) is 9.59 Å². The van der Waals surface area contributed by atoms with Gasteiger partial charge in [-0.1, -0.05) is 20.8 Å². The summed E-state index contributed by atoms with van der Waals surface area (Å²) in [7, 11) is 0. The number of aliphatic carboxylic acids is 1. The highest BCUT2D eigenvalue weighted by Gasteiger charge is 2.43. The zero-order valence-corrected chi connectivity index (χ0v) is 13.1. The highest BCUT2D eigenvalue weighted by Crippen LogP contribution is 2.43. The molecule has 1 aliphatic heterocycles. The van der Waals surface area contributed by atoms with Crippen molar-refractivity contribution in [2.45, 2.75) is 59.4 Å². The molecule has 4 nitrogen and oxygen atoms in total. The minimum absolute atomic E-state index is 0.0729. The lowest BCUT2D eigenvalue weighted by atomic mass is 9.67. The molecule has 1 saturated carbocycles. The van der Waals surface area contributed by atoms with Crippen LogP contribution in [0.1, 0.15) is 53.4 Å². The van der Waals surface area contributed by atoms with Gasteiger partial charge < -0.3 is 10.0 Å². The molecule has 4 heteroatoms. The zero-order chi connectivity index (χ0) is 15.1. The van der Waals surface area contributed by atoms with Gasteiger partial charge in [0.25, 0.3) is 0 Å². The van der Waals surface area contributed by atoms with E-state index in [1.807, 2.05) is 11.8 Å². The summed E-state index contributed by atoms with van der Waals surface area (Å²) in [6.07, 6.45) is 3.64. The van der Waals surface area contributed by atoms with Crippen LogP contribution >= 0.6 is 0 Å². The van der Waals surface area contributed by atoms with Gasteiger partial charge in [0.15, 0.2) is 0 Å². The van der Waals surface area contributed by atoms with E-state index in [2.05, 4.69) is 20.8 Å². The third-order valence-corrected chi connectivity index (χ3v) is 5.09. The van der Waals surface area contributed by atoms with Crippen molar-refractivity contribution < 1.29 is 14.7 Å². The molecule has 0 aromatic carbocycles. The number of carboxylic acids is 1. The number of nitrogens with zero attached hydrogens (tertiary/aromatic N) is 1. The maximum Gasteiger partial charge on any atom is 0.308 e. The molecule has 2 rings (SSSR count). The van der Waals surface area contributed by atoms with Crippen LogP contribution in [0.25, 0.3) is 0 Å². The second-order valence-electron chi connectivity index (χ2n) is 7.62. The van der Waals surface area contributed by atoms with E-state index in [9.17, 15) is 14.7 Å². The lowest BCUT2D eigenvalue weighted by Crippen LogP contribution is -2.44. The van der Waals surface area contributed by atoms with E-state index >= 15 is 0 Å². The Morgan fingerprint density at radius 1 is 1.20 bits per heavy atom. The molecule has 1 saturated heterocycles. The number of carboxylic acid groups (broad SMARTS) is 1. The monoisotopic (exact) mass is 281 g/mol. The molecule has 0 aromatic rings. The fraction of sp³-hybridized carbons (Fsp3) is 0.875. The lowest BCUT2D eigenvalue weighted by molar-refractivity contribution is -0.144. The molecule has 1 N–H and O–H groups in total. The summed E-state index contributed by atoms with van der Waals surface area (Å²) in [5.74, 6) is -0.344. The Kier molecular flexibility index (Phi) is 4.12. The van der Waals surface area contributed by atoms with Gasteiger partial charge in [-0.3, -0.25) is 9.59 Å². The SMILES string of the molecule is CC1CC(C(=O)N2CCC(C(=O)O)C2C)CC(C)(C)C1. The van der Waals surface area contributed by atoms with Crippen LogP contribution in [0.2, 0.25) is 0 Å². The van der Waals surface area contributed by atoms with Crippen molar-refractivity contribution in [3.63, 3.8) is 0 Å². The summed E-state index contributed by atoms with van der Waals surface area (Å²) >= 11 is 0. The van der Waals surface area contributed by atoms with Gasteiger partial charge in [-0.05, 0) is 43.9 Å². The number of likely N-dealkylation sites (tertiary alicyclic amines) is 1. The Morgan fingerprint density at radius 2 is 1.85 bits per heavy atom. The third-order valence-electron chi connectivity index (χ3n) is 5.09. The van der Waals surface area contributed by atoms with Crippen LogP contribution < -0.4 is 0 Å².